The van der Waals surface area contributed by atoms with Crippen LogP contribution in [0.25, 0.3) is 5.65 Å². The van der Waals surface area contributed by atoms with Crippen LogP contribution in [0, 0.1) is 0 Å². The number of aliphatic hydroxyl groups is 1. The average Bonchev–Trinajstić information content (AvgIpc) is 2.35. The first-order chi connectivity index (χ1) is 9.21. The number of fused-ring (bicyclic) bond motifs is 1. The van der Waals surface area contributed by atoms with E-state index in [1.165, 1.54) is 10.5 Å². The van der Waals surface area contributed by atoms with Crippen LogP contribution in [0.5, 0.6) is 0 Å². The van der Waals surface area contributed by atoms with Gasteiger partial charge in [-0.25, -0.2) is 4.98 Å². The maximum atomic E-state index is 12.0. The first-order valence-electron chi connectivity index (χ1n) is 6.65. The van der Waals surface area contributed by atoms with E-state index < -0.39 is 11.1 Å². The van der Waals surface area contributed by atoms with Crippen LogP contribution in [0.15, 0.2) is 35.3 Å². The third-order valence-electron chi connectivity index (χ3n) is 3.86. The number of pyridine rings is 1. The molecule has 0 spiro atoms. The normalized spacial score (nSPS) is 12.8. The Labute approximate surface area is 118 Å². The highest BCUT2D eigenvalue weighted by Crippen LogP contribution is 2.20. The monoisotopic (exact) mass is 275 g/mol. The van der Waals surface area contributed by atoms with Gasteiger partial charge < -0.3 is 10.4 Å². The second-order valence-electron chi connectivity index (χ2n) is 6.05. The van der Waals surface area contributed by atoms with Crippen molar-refractivity contribution in [3.05, 3.63) is 46.5 Å². The number of nitrogens with zero attached hydrogens (tertiary/aromatic N) is 2. The fourth-order valence-corrected chi connectivity index (χ4v) is 1.72. The summed E-state index contributed by atoms with van der Waals surface area (Å²) >= 11 is 0. The molecule has 5 heteroatoms. The Kier molecular flexibility index (Phi) is 3.67. The molecular weight excluding hydrogens is 254 g/mol. The summed E-state index contributed by atoms with van der Waals surface area (Å²) in [5.41, 5.74) is -0.181. The first kappa shape index (κ1) is 14.7. The van der Waals surface area contributed by atoms with Gasteiger partial charge in [0.05, 0.1) is 11.3 Å². The van der Waals surface area contributed by atoms with Gasteiger partial charge in [-0.3, -0.25) is 9.20 Å². The van der Waals surface area contributed by atoms with E-state index in [-0.39, 0.29) is 5.56 Å². The van der Waals surface area contributed by atoms with Crippen molar-refractivity contribution in [1.29, 1.82) is 0 Å². The topological polar surface area (TPSA) is 66.6 Å². The van der Waals surface area contributed by atoms with E-state index >= 15 is 0 Å². The molecule has 0 aliphatic carbocycles. The second kappa shape index (κ2) is 5.00. The number of aromatic nitrogens is 2. The number of rotatable bonds is 4. The van der Waals surface area contributed by atoms with Gasteiger partial charge in [-0.2, -0.15) is 0 Å². The van der Waals surface area contributed by atoms with Crippen molar-refractivity contribution < 1.29 is 5.11 Å². The zero-order valence-corrected chi connectivity index (χ0v) is 12.3. The Morgan fingerprint density at radius 3 is 2.65 bits per heavy atom. The molecule has 0 unspecified atom stereocenters. The van der Waals surface area contributed by atoms with Crippen LogP contribution in [0.2, 0.25) is 0 Å². The third kappa shape index (κ3) is 2.89. The van der Waals surface area contributed by atoms with Gasteiger partial charge in [0.25, 0.3) is 5.56 Å². The van der Waals surface area contributed by atoms with Crippen LogP contribution in [0.3, 0.4) is 0 Å². The van der Waals surface area contributed by atoms with Crippen molar-refractivity contribution in [3.8, 4) is 0 Å². The molecule has 0 saturated carbocycles. The average molecular weight is 275 g/mol. The Morgan fingerprint density at radius 2 is 2.00 bits per heavy atom. The summed E-state index contributed by atoms with van der Waals surface area (Å²) < 4.78 is 1.50. The predicted molar refractivity (Wildman–Crippen MR) is 78.7 cm³/mol. The van der Waals surface area contributed by atoms with Gasteiger partial charge in [-0.15, -0.1) is 0 Å². The highest BCUT2D eigenvalue weighted by molar-refractivity contribution is 5.37. The van der Waals surface area contributed by atoms with Gasteiger partial charge in [-0.05, 0) is 39.8 Å². The maximum Gasteiger partial charge on any atom is 0.258 e. The van der Waals surface area contributed by atoms with Crippen LogP contribution in [0.4, 0.5) is 0 Å². The molecule has 0 saturated heterocycles. The van der Waals surface area contributed by atoms with Crippen molar-refractivity contribution >= 4 is 5.65 Å². The fourth-order valence-electron chi connectivity index (χ4n) is 1.72. The standard InChI is InChI=1S/C15H21N3O2/c1-14(2,15(3,4)20)16-10-11-9-13(19)18-8-6-5-7-12(18)17-11/h5-9,16,20H,10H2,1-4H3. The van der Waals surface area contributed by atoms with Gasteiger partial charge in [0.15, 0.2) is 0 Å². The van der Waals surface area contributed by atoms with Crippen LogP contribution in [-0.4, -0.2) is 25.6 Å². The quantitative estimate of drug-likeness (QED) is 0.883. The molecule has 2 rings (SSSR count). The largest absolute Gasteiger partial charge is 0.389 e. The Balaban J connectivity index is 2.25. The highest BCUT2D eigenvalue weighted by Gasteiger charge is 2.34. The fraction of sp³-hybridized carbons (Fsp3) is 0.467. The molecule has 0 aliphatic heterocycles. The molecule has 2 aromatic heterocycles. The van der Waals surface area contributed by atoms with E-state index in [0.29, 0.717) is 17.9 Å². The molecule has 0 aromatic carbocycles. The Morgan fingerprint density at radius 1 is 1.30 bits per heavy atom. The molecule has 108 valence electrons. The zero-order valence-electron chi connectivity index (χ0n) is 12.3. The van der Waals surface area contributed by atoms with E-state index in [2.05, 4.69) is 10.3 Å². The molecule has 2 heterocycles. The minimum absolute atomic E-state index is 0.103. The molecule has 0 fully saturated rings. The zero-order chi connectivity index (χ0) is 15.0. The third-order valence-corrected chi connectivity index (χ3v) is 3.86. The second-order valence-corrected chi connectivity index (χ2v) is 6.05. The van der Waals surface area contributed by atoms with Gasteiger partial charge in [0.2, 0.25) is 0 Å². The molecule has 0 amide bonds. The predicted octanol–water partition coefficient (Wildman–Crippen LogP) is 1.33. The lowest BCUT2D eigenvalue weighted by Crippen LogP contribution is -2.55. The molecule has 2 aromatic rings. The molecule has 2 N–H and O–H groups in total. The Bertz CT molecular complexity index is 669. The van der Waals surface area contributed by atoms with E-state index in [0.717, 1.165) is 0 Å². The van der Waals surface area contributed by atoms with Crippen LogP contribution in [-0.2, 0) is 6.54 Å². The van der Waals surface area contributed by atoms with Crippen molar-refractivity contribution in [2.45, 2.75) is 45.4 Å². The SMILES string of the molecule is CC(C)(O)C(C)(C)NCc1cc(=O)n2ccccc2n1. The molecule has 20 heavy (non-hydrogen) atoms. The summed E-state index contributed by atoms with van der Waals surface area (Å²) in [5.74, 6) is 0. The van der Waals surface area contributed by atoms with E-state index in [1.54, 1.807) is 32.2 Å². The molecular formula is C15H21N3O2. The number of hydrogen-bond acceptors (Lipinski definition) is 4. The van der Waals surface area contributed by atoms with Gasteiger partial charge in [-0.1, -0.05) is 6.07 Å². The lowest BCUT2D eigenvalue weighted by Gasteiger charge is -2.38. The van der Waals surface area contributed by atoms with Crippen molar-refractivity contribution in [2.75, 3.05) is 0 Å². The van der Waals surface area contributed by atoms with Crippen molar-refractivity contribution in [3.63, 3.8) is 0 Å². The molecule has 0 atom stereocenters. The Hall–Kier alpha value is -1.72. The van der Waals surface area contributed by atoms with Crippen LogP contribution in [0.1, 0.15) is 33.4 Å². The molecule has 0 aliphatic rings. The molecule has 0 radical (unpaired) electrons. The van der Waals surface area contributed by atoms with Crippen LogP contribution >= 0.6 is 0 Å². The van der Waals surface area contributed by atoms with E-state index in [9.17, 15) is 9.90 Å². The highest BCUT2D eigenvalue weighted by atomic mass is 16.3. The maximum absolute atomic E-state index is 12.0. The van der Waals surface area contributed by atoms with Crippen molar-refractivity contribution in [2.24, 2.45) is 0 Å². The summed E-state index contributed by atoms with van der Waals surface area (Å²) in [7, 11) is 0. The number of nitrogens with one attached hydrogen (secondary N) is 1. The minimum atomic E-state index is -0.876. The summed E-state index contributed by atoms with van der Waals surface area (Å²) in [6.45, 7) is 7.77. The number of hydrogen-bond donors (Lipinski definition) is 2. The minimum Gasteiger partial charge on any atom is -0.389 e. The lowest BCUT2D eigenvalue weighted by molar-refractivity contribution is -0.00545. The van der Waals surface area contributed by atoms with Gasteiger partial charge >= 0.3 is 0 Å². The lowest BCUT2D eigenvalue weighted by atomic mass is 9.86. The van der Waals surface area contributed by atoms with E-state index in [1.807, 2.05) is 19.9 Å². The summed E-state index contributed by atoms with van der Waals surface area (Å²) in [6, 6.07) is 6.96. The summed E-state index contributed by atoms with van der Waals surface area (Å²) in [5, 5.41) is 13.3. The van der Waals surface area contributed by atoms with Crippen LogP contribution < -0.4 is 10.9 Å². The molecule has 0 bridgehead atoms. The smallest absolute Gasteiger partial charge is 0.258 e. The van der Waals surface area contributed by atoms with Crippen molar-refractivity contribution in [1.82, 2.24) is 14.7 Å². The van der Waals surface area contributed by atoms with E-state index in [4.69, 9.17) is 0 Å². The van der Waals surface area contributed by atoms with Gasteiger partial charge in [0, 0.05) is 24.3 Å². The molecule has 5 nitrogen and oxygen atoms in total. The van der Waals surface area contributed by atoms with Gasteiger partial charge in [0.1, 0.15) is 5.65 Å². The summed E-state index contributed by atoms with van der Waals surface area (Å²) in [4.78, 5) is 16.4. The first-order valence-corrected chi connectivity index (χ1v) is 6.65. The summed E-state index contributed by atoms with van der Waals surface area (Å²) in [6.07, 6.45) is 1.70.